The zero-order chi connectivity index (χ0) is 17.8. The Hall–Kier alpha value is -3.12. The van der Waals surface area contributed by atoms with Gasteiger partial charge in [0, 0.05) is 16.6 Å². The number of carbonyl (C=O) groups is 2. The third-order valence-electron chi connectivity index (χ3n) is 3.49. The number of nitrogens with zero attached hydrogens (tertiary/aromatic N) is 1. The Bertz CT molecular complexity index is 954. The summed E-state index contributed by atoms with van der Waals surface area (Å²) in [6.07, 6.45) is 1.68. The van der Waals surface area contributed by atoms with Crippen molar-refractivity contribution in [2.45, 2.75) is 0 Å². The first-order valence-electron chi connectivity index (χ1n) is 7.40. The van der Waals surface area contributed by atoms with Crippen LogP contribution in [0.1, 0.15) is 10.4 Å². The van der Waals surface area contributed by atoms with Crippen LogP contribution in [-0.2, 0) is 4.79 Å². The van der Waals surface area contributed by atoms with E-state index in [2.05, 4.69) is 10.3 Å². The smallest absolute Gasteiger partial charge is 0.262 e. The van der Waals surface area contributed by atoms with E-state index in [0.717, 1.165) is 10.9 Å². The van der Waals surface area contributed by atoms with Crippen LogP contribution in [0.25, 0.3) is 10.9 Å². The van der Waals surface area contributed by atoms with Crippen molar-refractivity contribution in [3.05, 3.63) is 65.3 Å². The molecule has 0 unspecified atom stereocenters. The fourth-order valence-corrected chi connectivity index (χ4v) is 2.53. The molecule has 3 N–H and O–H groups in total. The predicted octanol–water partition coefficient (Wildman–Crippen LogP) is 3.00. The Kier molecular flexibility index (Phi) is 4.81. The SMILES string of the molecule is NC(=O)c1cc(Cl)ccc1OCC(=O)Nc1cccc2ncccc12. The van der Waals surface area contributed by atoms with Crippen molar-refractivity contribution in [2.75, 3.05) is 11.9 Å². The molecule has 1 aromatic heterocycles. The normalized spacial score (nSPS) is 10.4. The van der Waals surface area contributed by atoms with Crippen molar-refractivity contribution in [2.24, 2.45) is 5.73 Å². The van der Waals surface area contributed by atoms with E-state index >= 15 is 0 Å². The van der Waals surface area contributed by atoms with Gasteiger partial charge in [-0.25, -0.2) is 0 Å². The molecule has 0 saturated heterocycles. The summed E-state index contributed by atoms with van der Waals surface area (Å²) >= 11 is 5.84. The van der Waals surface area contributed by atoms with E-state index in [-0.39, 0.29) is 23.8 Å². The second-order valence-electron chi connectivity index (χ2n) is 5.22. The number of fused-ring (bicyclic) bond motifs is 1. The van der Waals surface area contributed by atoms with Crippen LogP contribution in [0.3, 0.4) is 0 Å². The standard InChI is InChI=1S/C18H14ClN3O3/c19-11-6-7-16(13(9-11)18(20)24)25-10-17(23)22-15-5-1-4-14-12(15)3-2-8-21-14/h1-9H,10H2,(H2,20,24)(H,22,23). The highest BCUT2D eigenvalue weighted by molar-refractivity contribution is 6.31. The maximum absolute atomic E-state index is 12.2. The number of amides is 2. The highest BCUT2D eigenvalue weighted by Gasteiger charge is 2.12. The number of nitrogens with two attached hydrogens (primary N) is 1. The van der Waals surface area contributed by atoms with Gasteiger partial charge in [0.25, 0.3) is 11.8 Å². The van der Waals surface area contributed by atoms with Gasteiger partial charge in [-0.2, -0.15) is 0 Å². The van der Waals surface area contributed by atoms with Crippen LogP contribution < -0.4 is 15.8 Å². The van der Waals surface area contributed by atoms with Gasteiger partial charge in [-0.3, -0.25) is 14.6 Å². The van der Waals surface area contributed by atoms with Crippen LogP contribution in [0.4, 0.5) is 5.69 Å². The highest BCUT2D eigenvalue weighted by atomic mass is 35.5. The Balaban J connectivity index is 1.72. The molecule has 2 aromatic carbocycles. The average molecular weight is 356 g/mol. The van der Waals surface area contributed by atoms with Crippen molar-refractivity contribution in [1.82, 2.24) is 4.98 Å². The van der Waals surface area contributed by atoms with E-state index < -0.39 is 5.91 Å². The number of benzene rings is 2. The van der Waals surface area contributed by atoms with E-state index in [1.54, 1.807) is 30.5 Å². The molecule has 0 spiro atoms. The van der Waals surface area contributed by atoms with Crippen LogP contribution in [0.2, 0.25) is 5.02 Å². The Morgan fingerprint density at radius 2 is 2.00 bits per heavy atom. The molecule has 0 fully saturated rings. The molecule has 7 heteroatoms. The molecule has 0 aliphatic rings. The highest BCUT2D eigenvalue weighted by Crippen LogP contribution is 2.23. The van der Waals surface area contributed by atoms with Gasteiger partial charge >= 0.3 is 0 Å². The lowest BCUT2D eigenvalue weighted by Crippen LogP contribution is -2.21. The molecule has 0 aliphatic carbocycles. The lowest BCUT2D eigenvalue weighted by molar-refractivity contribution is -0.118. The number of rotatable bonds is 5. The second-order valence-corrected chi connectivity index (χ2v) is 5.65. The monoisotopic (exact) mass is 355 g/mol. The summed E-state index contributed by atoms with van der Waals surface area (Å²) in [7, 11) is 0. The molecule has 0 saturated carbocycles. The molecule has 126 valence electrons. The van der Waals surface area contributed by atoms with Gasteiger partial charge in [-0.15, -0.1) is 0 Å². The van der Waals surface area contributed by atoms with Crippen LogP contribution in [0, 0.1) is 0 Å². The topological polar surface area (TPSA) is 94.3 Å². The number of aromatic nitrogens is 1. The minimum atomic E-state index is -0.682. The number of pyridine rings is 1. The van der Waals surface area contributed by atoms with E-state index in [9.17, 15) is 9.59 Å². The number of hydrogen-bond donors (Lipinski definition) is 2. The summed E-state index contributed by atoms with van der Waals surface area (Å²) < 4.78 is 5.41. The average Bonchev–Trinajstić information content (AvgIpc) is 2.61. The number of halogens is 1. The summed E-state index contributed by atoms with van der Waals surface area (Å²) in [5.74, 6) is -0.855. The van der Waals surface area contributed by atoms with Crippen LogP contribution in [0.5, 0.6) is 5.75 Å². The molecule has 3 rings (SSSR count). The molecule has 2 amide bonds. The third-order valence-corrected chi connectivity index (χ3v) is 3.72. The largest absolute Gasteiger partial charge is 0.483 e. The molecule has 25 heavy (non-hydrogen) atoms. The van der Waals surface area contributed by atoms with Crippen LogP contribution >= 0.6 is 11.6 Å². The number of nitrogens with one attached hydrogen (secondary N) is 1. The molecular weight excluding hydrogens is 342 g/mol. The minimum Gasteiger partial charge on any atom is -0.483 e. The van der Waals surface area contributed by atoms with E-state index in [0.29, 0.717) is 10.7 Å². The molecule has 0 atom stereocenters. The van der Waals surface area contributed by atoms with Crippen molar-refractivity contribution in [3.8, 4) is 5.75 Å². The molecule has 0 aliphatic heterocycles. The predicted molar refractivity (Wildman–Crippen MR) is 95.8 cm³/mol. The number of carbonyl (C=O) groups excluding carboxylic acids is 2. The van der Waals surface area contributed by atoms with E-state index in [1.165, 1.54) is 12.1 Å². The summed E-state index contributed by atoms with van der Waals surface area (Å²) in [6, 6.07) is 13.5. The minimum absolute atomic E-state index is 0.120. The number of ether oxygens (including phenoxy) is 1. The molecular formula is C18H14ClN3O3. The first-order chi connectivity index (χ1) is 12.0. The Labute approximate surface area is 148 Å². The van der Waals surface area contributed by atoms with Gasteiger partial charge in [0.2, 0.25) is 0 Å². The fraction of sp³-hybridized carbons (Fsp3) is 0.0556. The molecule has 3 aromatic rings. The Morgan fingerprint density at radius 1 is 1.16 bits per heavy atom. The van der Waals surface area contributed by atoms with Crippen LogP contribution in [0.15, 0.2) is 54.7 Å². The van der Waals surface area contributed by atoms with Gasteiger partial charge in [0.05, 0.1) is 16.8 Å². The van der Waals surface area contributed by atoms with E-state index in [4.69, 9.17) is 22.1 Å². The van der Waals surface area contributed by atoms with Gasteiger partial charge < -0.3 is 15.8 Å². The molecule has 1 heterocycles. The summed E-state index contributed by atoms with van der Waals surface area (Å²) in [5.41, 5.74) is 6.81. The lowest BCUT2D eigenvalue weighted by Gasteiger charge is -2.11. The van der Waals surface area contributed by atoms with Gasteiger partial charge in [-0.1, -0.05) is 17.7 Å². The van der Waals surface area contributed by atoms with Crippen molar-refractivity contribution in [3.63, 3.8) is 0 Å². The third kappa shape index (κ3) is 3.87. The molecule has 6 nitrogen and oxygen atoms in total. The second kappa shape index (κ2) is 7.19. The van der Waals surface area contributed by atoms with Crippen LogP contribution in [-0.4, -0.2) is 23.4 Å². The maximum atomic E-state index is 12.2. The lowest BCUT2D eigenvalue weighted by atomic mass is 10.2. The van der Waals surface area contributed by atoms with Crippen molar-refractivity contribution in [1.29, 1.82) is 0 Å². The summed E-state index contributed by atoms with van der Waals surface area (Å²) in [5, 5.41) is 3.95. The zero-order valence-corrected chi connectivity index (χ0v) is 13.8. The van der Waals surface area contributed by atoms with Gasteiger partial charge in [0.1, 0.15) is 5.75 Å². The number of anilines is 1. The van der Waals surface area contributed by atoms with Gasteiger partial charge in [-0.05, 0) is 42.5 Å². The fourth-order valence-electron chi connectivity index (χ4n) is 2.36. The first-order valence-corrected chi connectivity index (χ1v) is 7.78. The van der Waals surface area contributed by atoms with Crippen molar-refractivity contribution >= 4 is 40.0 Å². The summed E-state index contributed by atoms with van der Waals surface area (Å²) in [4.78, 5) is 27.8. The van der Waals surface area contributed by atoms with Gasteiger partial charge in [0.15, 0.2) is 6.61 Å². The molecule has 0 bridgehead atoms. The maximum Gasteiger partial charge on any atom is 0.262 e. The Morgan fingerprint density at radius 3 is 2.80 bits per heavy atom. The number of hydrogen-bond acceptors (Lipinski definition) is 4. The van der Waals surface area contributed by atoms with Crippen molar-refractivity contribution < 1.29 is 14.3 Å². The number of primary amides is 1. The molecule has 0 radical (unpaired) electrons. The quantitative estimate of drug-likeness (QED) is 0.735. The first kappa shape index (κ1) is 16.7. The summed E-state index contributed by atoms with van der Waals surface area (Å²) in [6.45, 7) is -0.279. The zero-order valence-electron chi connectivity index (χ0n) is 13.0. The van der Waals surface area contributed by atoms with E-state index in [1.807, 2.05) is 12.1 Å².